The van der Waals surface area contributed by atoms with Gasteiger partial charge in [-0.3, -0.25) is 10.9 Å². The van der Waals surface area contributed by atoms with Crippen molar-refractivity contribution in [2.45, 2.75) is 0 Å². The smallest absolute Gasteiger partial charge is 0.189 e. The van der Waals surface area contributed by atoms with Crippen LogP contribution in [0.4, 0.5) is 11.5 Å². The third-order valence-corrected chi connectivity index (χ3v) is 6.88. The number of fused-ring (bicyclic) bond motifs is 1. The number of thiophene rings is 2. The van der Waals surface area contributed by atoms with Crippen molar-refractivity contribution >= 4 is 73.3 Å². The zero-order valence-electron chi connectivity index (χ0n) is 16.5. The van der Waals surface area contributed by atoms with Gasteiger partial charge in [0, 0.05) is 32.1 Å². The summed E-state index contributed by atoms with van der Waals surface area (Å²) >= 11 is 14.8. The Morgan fingerprint density at radius 2 is 1.72 bits per heavy atom. The lowest BCUT2D eigenvalue weighted by atomic mass is 10.1. The Kier molecular flexibility index (Phi) is 6.00. The van der Waals surface area contributed by atoms with Crippen LogP contribution in [-0.2, 0) is 0 Å². The molecule has 0 saturated heterocycles. The van der Waals surface area contributed by atoms with Crippen LogP contribution in [0.1, 0.15) is 0 Å². The largest absolute Gasteiger partial charge is 0.331 e. The third kappa shape index (κ3) is 4.44. The fourth-order valence-electron chi connectivity index (χ4n) is 3.17. The molecule has 5 nitrogen and oxygen atoms in total. The van der Waals surface area contributed by atoms with E-state index in [1.165, 1.54) is 0 Å². The first-order valence-electron chi connectivity index (χ1n) is 9.64. The Bertz CT molecular complexity index is 1370. The van der Waals surface area contributed by atoms with Crippen LogP contribution in [-0.4, -0.2) is 15.1 Å². The summed E-state index contributed by atoms with van der Waals surface area (Å²) < 4.78 is 0. The molecule has 3 N–H and O–H groups in total. The Balaban J connectivity index is 1.51. The molecular formula is C23H16ClN5S3. The van der Waals surface area contributed by atoms with Gasteiger partial charge in [0.15, 0.2) is 16.8 Å². The topological polar surface area (TPSA) is 61.9 Å². The van der Waals surface area contributed by atoms with Gasteiger partial charge in [0.1, 0.15) is 4.83 Å². The highest BCUT2D eigenvalue weighted by atomic mass is 35.5. The van der Waals surface area contributed by atoms with Crippen LogP contribution in [0.2, 0.25) is 5.02 Å². The van der Waals surface area contributed by atoms with Gasteiger partial charge in [-0.25, -0.2) is 9.97 Å². The van der Waals surface area contributed by atoms with E-state index in [1.54, 1.807) is 22.7 Å². The van der Waals surface area contributed by atoms with Crippen LogP contribution in [0.25, 0.3) is 32.0 Å². The summed E-state index contributed by atoms with van der Waals surface area (Å²) in [7, 11) is 0. The summed E-state index contributed by atoms with van der Waals surface area (Å²) in [4.78, 5) is 11.7. The molecule has 0 spiro atoms. The van der Waals surface area contributed by atoms with E-state index in [9.17, 15) is 0 Å². The van der Waals surface area contributed by atoms with Crippen LogP contribution >= 0.6 is 46.5 Å². The van der Waals surface area contributed by atoms with Crippen molar-refractivity contribution in [2.24, 2.45) is 0 Å². The summed E-state index contributed by atoms with van der Waals surface area (Å²) in [6, 6.07) is 21.4. The van der Waals surface area contributed by atoms with E-state index in [1.807, 2.05) is 60.7 Å². The number of nitrogens with zero attached hydrogens (tertiary/aromatic N) is 2. The average molecular weight is 494 g/mol. The van der Waals surface area contributed by atoms with Crippen molar-refractivity contribution in [1.82, 2.24) is 15.4 Å². The molecule has 3 aromatic heterocycles. The second-order valence-corrected chi connectivity index (χ2v) is 9.43. The van der Waals surface area contributed by atoms with E-state index < -0.39 is 0 Å². The molecule has 0 fully saturated rings. The predicted octanol–water partition coefficient (Wildman–Crippen LogP) is 7.05. The van der Waals surface area contributed by atoms with Crippen LogP contribution in [0, 0.1) is 0 Å². The zero-order chi connectivity index (χ0) is 21.9. The number of hydrogen-bond donors (Lipinski definition) is 3. The highest BCUT2D eigenvalue weighted by Crippen LogP contribution is 2.39. The van der Waals surface area contributed by atoms with Crippen molar-refractivity contribution in [2.75, 3.05) is 10.7 Å². The van der Waals surface area contributed by atoms with Gasteiger partial charge < -0.3 is 5.32 Å². The third-order valence-electron chi connectivity index (χ3n) is 4.65. The molecule has 158 valence electrons. The molecule has 0 atom stereocenters. The molecule has 0 radical (unpaired) electrons. The first-order valence-corrected chi connectivity index (χ1v) is 12.2. The minimum Gasteiger partial charge on any atom is -0.331 e. The Morgan fingerprint density at radius 3 is 2.47 bits per heavy atom. The summed E-state index contributed by atoms with van der Waals surface area (Å²) in [5, 5.41) is 9.38. The van der Waals surface area contributed by atoms with E-state index >= 15 is 0 Å². The van der Waals surface area contributed by atoms with Gasteiger partial charge in [-0.2, -0.15) is 0 Å². The molecule has 0 aliphatic rings. The number of hydrogen-bond acceptors (Lipinski definition) is 6. The number of rotatable bonds is 5. The average Bonchev–Trinajstić information content (AvgIpc) is 3.48. The monoisotopic (exact) mass is 493 g/mol. The molecule has 0 aliphatic carbocycles. The summed E-state index contributed by atoms with van der Waals surface area (Å²) in [5.41, 5.74) is 9.13. The Hall–Kier alpha value is -3.04. The molecule has 9 heteroatoms. The standard InChI is InChI=1S/C23H16ClN5S3/c24-15-10-8-14(9-11-15)20-26-21(28-29-23(30)25-16-5-2-1-3-6-16)19-17(13-32-22(19)27-20)18-7-4-12-31-18/h1-13H,(H2,25,29,30)(H,26,27,28). The molecule has 0 unspecified atom stereocenters. The molecule has 5 rings (SSSR count). The molecule has 5 aromatic rings. The molecule has 3 heterocycles. The number of anilines is 2. The van der Waals surface area contributed by atoms with Gasteiger partial charge in [-0.1, -0.05) is 35.9 Å². The molecule has 32 heavy (non-hydrogen) atoms. The number of thiocarbonyl (C=S) groups is 1. The molecule has 0 amide bonds. The van der Waals surface area contributed by atoms with E-state index in [0.717, 1.165) is 31.9 Å². The fraction of sp³-hybridized carbons (Fsp3) is 0. The van der Waals surface area contributed by atoms with Gasteiger partial charge in [0.25, 0.3) is 0 Å². The second kappa shape index (κ2) is 9.22. The first kappa shape index (κ1) is 20.8. The van der Waals surface area contributed by atoms with Crippen LogP contribution < -0.4 is 16.2 Å². The number of halogens is 1. The maximum absolute atomic E-state index is 6.06. The van der Waals surface area contributed by atoms with E-state index in [4.69, 9.17) is 33.8 Å². The van der Waals surface area contributed by atoms with Gasteiger partial charge in [0.05, 0.1) is 5.39 Å². The van der Waals surface area contributed by atoms with Crippen LogP contribution in [0.5, 0.6) is 0 Å². The van der Waals surface area contributed by atoms with Crippen molar-refractivity contribution in [3.63, 3.8) is 0 Å². The number of benzene rings is 2. The normalized spacial score (nSPS) is 10.8. The molecule has 0 saturated carbocycles. The summed E-state index contributed by atoms with van der Waals surface area (Å²) in [6.07, 6.45) is 0. The first-order chi connectivity index (χ1) is 15.7. The lowest BCUT2D eigenvalue weighted by molar-refractivity contribution is 1.09. The lowest BCUT2D eigenvalue weighted by Crippen LogP contribution is -2.33. The molecular weight excluding hydrogens is 478 g/mol. The Labute approximate surface area is 203 Å². The molecule has 0 aliphatic heterocycles. The molecule has 0 bridgehead atoms. The lowest BCUT2D eigenvalue weighted by Gasteiger charge is -2.14. The summed E-state index contributed by atoms with van der Waals surface area (Å²) in [6.45, 7) is 0. The predicted molar refractivity (Wildman–Crippen MR) is 141 cm³/mol. The molecule has 2 aromatic carbocycles. The Morgan fingerprint density at radius 1 is 0.906 bits per heavy atom. The zero-order valence-corrected chi connectivity index (χ0v) is 19.7. The maximum atomic E-state index is 6.06. The highest BCUT2D eigenvalue weighted by molar-refractivity contribution is 7.80. The van der Waals surface area contributed by atoms with Gasteiger partial charge in [0.2, 0.25) is 0 Å². The van der Waals surface area contributed by atoms with Crippen LogP contribution in [0.3, 0.4) is 0 Å². The highest BCUT2D eigenvalue weighted by Gasteiger charge is 2.17. The van der Waals surface area contributed by atoms with Gasteiger partial charge >= 0.3 is 0 Å². The minimum absolute atomic E-state index is 0.434. The van der Waals surface area contributed by atoms with E-state index in [-0.39, 0.29) is 0 Å². The minimum atomic E-state index is 0.434. The SMILES string of the molecule is S=C(NNc1nc(-c2ccc(Cl)cc2)nc2scc(-c3cccs3)c12)Nc1ccccc1. The van der Waals surface area contributed by atoms with E-state index in [0.29, 0.717) is 21.8 Å². The summed E-state index contributed by atoms with van der Waals surface area (Å²) in [5.74, 6) is 1.27. The maximum Gasteiger partial charge on any atom is 0.189 e. The quantitative estimate of drug-likeness (QED) is 0.180. The van der Waals surface area contributed by atoms with Crippen molar-refractivity contribution in [3.8, 4) is 21.8 Å². The fourth-order valence-corrected chi connectivity index (χ4v) is 5.23. The number of hydrazine groups is 1. The van der Waals surface area contributed by atoms with Crippen molar-refractivity contribution in [1.29, 1.82) is 0 Å². The van der Waals surface area contributed by atoms with Gasteiger partial charge in [-0.15, -0.1) is 22.7 Å². The second-order valence-electron chi connectivity index (χ2n) is 6.78. The van der Waals surface area contributed by atoms with Gasteiger partial charge in [-0.05, 0) is 60.1 Å². The number of nitrogens with one attached hydrogen (secondary N) is 3. The van der Waals surface area contributed by atoms with Crippen LogP contribution in [0.15, 0.2) is 77.5 Å². The number of para-hydroxylation sites is 1. The van der Waals surface area contributed by atoms with Crippen molar-refractivity contribution < 1.29 is 0 Å². The van der Waals surface area contributed by atoms with E-state index in [2.05, 4.69) is 33.0 Å². The van der Waals surface area contributed by atoms with Crippen molar-refractivity contribution in [3.05, 3.63) is 82.5 Å². The number of aromatic nitrogens is 2.